The second kappa shape index (κ2) is 4.72. The summed E-state index contributed by atoms with van der Waals surface area (Å²) in [5.74, 6) is 0. The molecule has 0 atom stereocenters. The number of alkyl halides is 2. The molecule has 0 fully saturated rings. The summed E-state index contributed by atoms with van der Waals surface area (Å²) in [4.78, 5) is 12.6. The monoisotopic (exact) mass is 214 g/mol. The van der Waals surface area contributed by atoms with Crippen molar-refractivity contribution >= 4 is 11.7 Å². The number of hydrogen-bond acceptors (Lipinski definition) is 1. The fraction of sp³-hybridized carbons (Fsp3) is 0.300. The molecule has 5 heteroatoms. The van der Waals surface area contributed by atoms with E-state index in [0.29, 0.717) is 5.69 Å². The normalized spacial score (nSPS) is 10.2. The third-order valence-corrected chi connectivity index (χ3v) is 1.82. The van der Waals surface area contributed by atoms with Crippen molar-refractivity contribution < 1.29 is 13.6 Å². The summed E-state index contributed by atoms with van der Waals surface area (Å²) in [5.41, 5.74) is 0.441. The molecule has 1 rings (SSSR count). The van der Waals surface area contributed by atoms with Crippen LogP contribution < -0.4 is 5.32 Å². The first-order valence-electron chi connectivity index (χ1n) is 4.37. The van der Waals surface area contributed by atoms with E-state index in [1.54, 1.807) is 14.1 Å². The van der Waals surface area contributed by atoms with Crippen LogP contribution in [0.1, 0.15) is 12.0 Å². The van der Waals surface area contributed by atoms with E-state index in [1.807, 2.05) is 0 Å². The Morgan fingerprint density at radius 1 is 1.27 bits per heavy atom. The molecule has 0 saturated carbocycles. The number of halogens is 2. The highest BCUT2D eigenvalue weighted by molar-refractivity contribution is 5.88. The van der Waals surface area contributed by atoms with E-state index in [0.717, 1.165) is 0 Å². The van der Waals surface area contributed by atoms with Gasteiger partial charge in [-0.1, -0.05) is 12.1 Å². The lowest BCUT2D eigenvalue weighted by Gasteiger charge is -2.12. The van der Waals surface area contributed by atoms with Crippen molar-refractivity contribution in [3.05, 3.63) is 29.8 Å². The Hall–Kier alpha value is -1.65. The average molecular weight is 214 g/mol. The van der Waals surface area contributed by atoms with Crippen LogP contribution in [-0.2, 0) is 0 Å². The van der Waals surface area contributed by atoms with Crippen molar-refractivity contribution in [1.29, 1.82) is 0 Å². The van der Waals surface area contributed by atoms with E-state index >= 15 is 0 Å². The second-order valence-corrected chi connectivity index (χ2v) is 3.25. The van der Waals surface area contributed by atoms with Crippen molar-refractivity contribution in [1.82, 2.24) is 4.90 Å². The number of anilines is 1. The molecule has 0 heterocycles. The Balaban J connectivity index is 2.69. The van der Waals surface area contributed by atoms with Gasteiger partial charge in [-0.15, -0.1) is 0 Å². The van der Waals surface area contributed by atoms with Crippen molar-refractivity contribution in [2.45, 2.75) is 6.43 Å². The lowest BCUT2D eigenvalue weighted by Crippen LogP contribution is -2.27. The van der Waals surface area contributed by atoms with Crippen molar-refractivity contribution in [3.63, 3.8) is 0 Å². The Morgan fingerprint density at radius 2 is 1.80 bits per heavy atom. The molecule has 1 N–H and O–H groups in total. The molecule has 0 saturated heterocycles. The van der Waals surface area contributed by atoms with E-state index in [4.69, 9.17) is 0 Å². The molecule has 0 aliphatic rings. The molecule has 0 aliphatic carbocycles. The van der Waals surface area contributed by atoms with Crippen LogP contribution in [0, 0.1) is 0 Å². The third kappa shape index (κ3) is 3.19. The maximum absolute atomic E-state index is 12.2. The maximum atomic E-state index is 12.2. The van der Waals surface area contributed by atoms with Crippen LogP contribution in [-0.4, -0.2) is 25.0 Å². The number of nitrogens with zero attached hydrogens (tertiary/aromatic N) is 1. The number of carbonyl (C=O) groups is 1. The molecule has 3 nitrogen and oxygen atoms in total. The van der Waals surface area contributed by atoms with Crippen LogP contribution in [0.15, 0.2) is 24.3 Å². The van der Waals surface area contributed by atoms with Gasteiger partial charge in [-0.2, -0.15) is 0 Å². The van der Waals surface area contributed by atoms with Gasteiger partial charge in [-0.05, 0) is 12.1 Å². The Bertz CT molecular complexity index is 336. The Kier molecular flexibility index (Phi) is 3.60. The fourth-order valence-electron chi connectivity index (χ4n) is 0.947. The summed E-state index contributed by atoms with van der Waals surface area (Å²) in [5, 5.41) is 2.55. The first-order chi connectivity index (χ1) is 7.00. The summed E-state index contributed by atoms with van der Waals surface area (Å²) in [6.07, 6.45) is -2.48. The van der Waals surface area contributed by atoms with Gasteiger partial charge in [0.05, 0.1) is 0 Å². The zero-order chi connectivity index (χ0) is 11.4. The van der Waals surface area contributed by atoms with Crippen LogP contribution in [0.3, 0.4) is 0 Å². The molecular formula is C10H12F2N2O. The SMILES string of the molecule is CN(C)C(=O)Nc1ccc(C(F)F)cc1. The number of urea groups is 1. The number of benzene rings is 1. The van der Waals surface area contributed by atoms with Gasteiger partial charge >= 0.3 is 6.03 Å². The van der Waals surface area contributed by atoms with Gasteiger partial charge < -0.3 is 10.2 Å². The number of rotatable bonds is 2. The smallest absolute Gasteiger partial charge is 0.321 e. The fourth-order valence-corrected chi connectivity index (χ4v) is 0.947. The van der Waals surface area contributed by atoms with Crippen LogP contribution in [0.25, 0.3) is 0 Å². The largest absolute Gasteiger partial charge is 0.331 e. The molecule has 15 heavy (non-hydrogen) atoms. The molecule has 2 amide bonds. The zero-order valence-corrected chi connectivity index (χ0v) is 8.50. The number of amides is 2. The molecule has 82 valence electrons. The summed E-state index contributed by atoms with van der Waals surface area (Å²) >= 11 is 0. The van der Waals surface area contributed by atoms with Crippen molar-refractivity contribution in [3.8, 4) is 0 Å². The minimum atomic E-state index is -2.48. The molecular weight excluding hydrogens is 202 g/mol. The van der Waals surface area contributed by atoms with E-state index in [2.05, 4.69) is 5.32 Å². The standard InChI is InChI=1S/C10H12F2N2O/c1-14(2)10(15)13-8-5-3-7(4-6-8)9(11)12/h3-6,9H,1-2H3,(H,13,15). The molecule has 0 unspecified atom stereocenters. The summed E-state index contributed by atoms with van der Waals surface area (Å²) < 4.78 is 24.4. The van der Waals surface area contributed by atoms with Crippen LogP contribution in [0.2, 0.25) is 0 Å². The summed E-state index contributed by atoms with van der Waals surface area (Å²) in [6.45, 7) is 0. The highest BCUT2D eigenvalue weighted by Crippen LogP contribution is 2.20. The second-order valence-electron chi connectivity index (χ2n) is 3.25. The van der Waals surface area contributed by atoms with Gasteiger partial charge in [0, 0.05) is 25.3 Å². The lowest BCUT2D eigenvalue weighted by molar-refractivity contribution is 0.151. The van der Waals surface area contributed by atoms with Crippen LogP contribution in [0.4, 0.5) is 19.3 Å². The van der Waals surface area contributed by atoms with Gasteiger partial charge in [-0.25, -0.2) is 13.6 Å². The van der Waals surface area contributed by atoms with E-state index in [9.17, 15) is 13.6 Å². The minimum Gasteiger partial charge on any atom is -0.331 e. The molecule has 0 aromatic heterocycles. The molecule has 1 aromatic rings. The molecule has 0 bridgehead atoms. The highest BCUT2D eigenvalue weighted by atomic mass is 19.3. The highest BCUT2D eigenvalue weighted by Gasteiger charge is 2.07. The minimum absolute atomic E-state index is 0.0575. The van der Waals surface area contributed by atoms with Crippen LogP contribution in [0.5, 0.6) is 0 Å². The lowest BCUT2D eigenvalue weighted by atomic mass is 10.2. The predicted molar refractivity (Wildman–Crippen MR) is 54.1 cm³/mol. The van der Waals surface area contributed by atoms with E-state index < -0.39 is 6.43 Å². The van der Waals surface area contributed by atoms with Gasteiger partial charge in [0.1, 0.15) is 0 Å². The van der Waals surface area contributed by atoms with Gasteiger partial charge in [0.25, 0.3) is 6.43 Å². The van der Waals surface area contributed by atoms with Crippen molar-refractivity contribution in [2.75, 3.05) is 19.4 Å². The number of hydrogen-bond donors (Lipinski definition) is 1. The Labute approximate surface area is 86.7 Å². The summed E-state index contributed by atoms with van der Waals surface area (Å²) in [6, 6.07) is 5.18. The van der Waals surface area contributed by atoms with E-state index in [-0.39, 0.29) is 11.6 Å². The number of nitrogens with one attached hydrogen (secondary N) is 1. The third-order valence-electron chi connectivity index (χ3n) is 1.82. The summed E-state index contributed by atoms with van der Waals surface area (Å²) in [7, 11) is 3.20. The molecule has 1 aromatic carbocycles. The molecule has 0 radical (unpaired) electrons. The number of carbonyl (C=O) groups excluding carboxylic acids is 1. The quantitative estimate of drug-likeness (QED) is 0.806. The maximum Gasteiger partial charge on any atom is 0.321 e. The van der Waals surface area contributed by atoms with Crippen LogP contribution >= 0.6 is 0 Å². The van der Waals surface area contributed by atoms with Gasteiger partial charge in [0.2, 0.25) is 0 Å². The topological polar surface area (TPSA) is 32.3 Å². The predicted octanol–water partition coefficient (Wildman–Crippen LogP) is 2.72. The average Bonchev–Trinajstić information content (AvgIpc) is 2.18. The Morgan fingerprint density at radius 3 is 2.20 bits per heavy atom. The first kappa shape index (κ1) is 11.4. The van der Waals surface area contributed by atoms with E-state index in [1.165, 1.54) is 29.2 Å². The first-order valence-corrected chi connectivity index (χ1v) is 4.37. The molecule has 0 aliphatic heterocycles. The van der Waals surface area contributed by atoms with Gasteiger partial charge in [-0.3, -0.25) is 0 Å². The van der Waals surface area contributed by atoms with Crippen molar-refractivity contribution in [2.24, 2.45) is 0 Å². The molecule has 0 spiro atoms. The zero-order valence-electron chi connectivity index (χ0n) is 8.50. The van der Waals surface area contributed by atoms with Gasteiger partial charge in [0.15, 0.2) is 0 Å².